The molecular weight excluding hydrogens is 627 g/mol. The first-order chi connectivity index (χ1) is 18.2. The standard InChI is InChI=1S/C16H13.C14H11.C4H8Si2.2ClH.Zr/c1-12-10-14-8-5-9-15(16(14)11-12)13-6-3-2-4-7-13;1-10-8-12-7-6-11-4-2-3-5-13(11)14(12)9-10;1-2-6-4-3-5-1;;;/h2-11H,1H3;2-9H,1H3;1-4H2;2*1H;/q;;;;;+2/p-2. The summed E-state index contributed by atoms with van der Waals surface area (Å²) >= 11 is -2.72. The molecule has 2 heterocycles. The average Bonchev–Trinajstić information content (AvgIpc) is 3.66. The predicted molar refractivity (Wildman–Crippen MR) is 159 cm³/mol. The fourth-order valence-corrected chi connectivity index (χ4v) is 92.2. The predicted octanol–water partition coefficient (Wildman–Crippen LogP) is 3.30. The van der Waals surface area contributed by atoms with E-state index in [4.69, 9.17) is 0 Å². The summed E-state index contributed by atoms with van der Waals surface area (Å²) in [5, 5.41) is 2.89. The number of fused-ring (bicyclic) bond motifs is 4. The minimum Gasteiger partial charge on any atom is -1.00 e. The zero-order valence-electron chi connectivity index (χ0n) is 22.5. The molecule has 4 aliphatic rings. The molecule has 0 aromatic heterocycles. The van der Waals surface area contributed by atoms with Gasteiger partial charge in [-0.15, -0.1) is 0 Å². The van der Waals surface area contributed by atoms with E-state index in [0.29, 0.717) is 0 Å². The number of halogens is 2. The summed E-state index contributed by atoms with van der Waals surface area (Å²) < 4.78 is 1.60. The molecule has 5 heteroatoms. The minimum absolute atomic E-state index is 0. The van der Waals surface area contributed by atoms with Crippen molar-refractivity contribution in [2.24, 2.45) is 0 Å². The Hall–Kier alpha value is -1.48. The SMILES string of the molecule is CC1=Cc2c(-c3ccccc3)cccc2[CH]1[Zr+2]1([CH]2C(C)=Cc3c2ccc2ccccc32)=[Si]2CC[Si]=1CC2.[Cl-].[Cl-]. The van der Waals surface area contributed by atoms with Gasteiger partial charge in [0.1, 0.15) is 0 Å². The van der Waals surface area contributed by atoms with E-state index >= 15 is 0 Å². The molecule has 0 fully saturated rings. The summed E-state index contributed by atoms with van der Waals surface area (Å²) in [4.78, 5) is 0. The van der Waals surface area contributed by atoms with Gasteiger partial charge in [-0.3, -0.25) is 0 Å². The van der Waals surface area contributed by atoms with Gasteiger partial charge >= 0.3 is 226 Å². The molecule has 2 bridgehead atoms. The topological polar surface area (TPSA) is 0 Å². The first-order valence-electron chi connectivity index (χ1n) is 13.9. The van der Waals surface area contributed by atoms with Crippen LogP contribution in [0.15, 0.2) is 96.1 Å². The second kappa shape index (κ2) is 10.4. The molecule has 2 unspecified atom stereocenters. The van der Waals surface area contributed by atoms with Gasteiger partial charge in [0.2, 0.25) is 0 Å². The van der Waals surface area contributed by atoms with Crippen LogP contribution >= 0.6 is 0 Å². The fraction of sp³-hybridized carbons (Fsp3) is 0.235. The maximum absolute atomic E-state index is 2.72. The van der Waals surface area contributed by atoms with Crippen molar-refractivity contribution >= 4 is 33.8 Å². The Bertz CT molecular complexity index is 1810. The number of hydrogen-bond donors (Lipinski definition) is 0. The summed E-state index contributed by atoms with van der Waals surface area (Å²) in [5.74, 6) is 0. The molecule has 0 N–H and O–H groups in total. The van der Waals surface area contributed by atoms with Crippen LogP contribution in [0.25, 0.3) is 34.1 Å². The van der Waals surface area contributed by atoms with Crippen LogP contribution in [0.2, 0.25) is 24.2 Å². The Balaban J connectivity index is 0.00000138. The van der Waals surface area contributed by atoms with Crippen molar-refractivity contribution in [3.63, 3.8) is 0 Å². The van der Waals surface area contributed by atoms with Gasteiger partial charge in [-0.05, 0) is 0 Å². The molecule has 4 aromatic carbocycles. The summed E-state index contributed by atoms with van der Waals surface area (Å²) in [6.45, 7) is 5.05. The smallest absolute Gasteiger partial charge is 1.00 e. The van der Waals surface area contributed by atoms with Gasteiger partial charge in [-0.1, -0.05) is 0 Å². The monoisotopic (exact) mass is 656 g/mol. The van der Waals surface area contributed by atoms with E-state index in [1.807, 2.05) is 0 Å². The molecular formula is C34H32Cl2Si2Zr. The average molecular weight is 659 g/mol. The number of benzene rings is 4. The molecule has 194 valence electrons. The maximum Gasteiger partial charge on any atom is -1.00 e. The molecule has 0 saturated carbocycles. The molecule has 2 atom stereocenters. The van der Waals surface area contributed by atoms with E-state index < -0.39 is 17.5 Å². The van der Waals surface area contributed by atoms with Crippen LogP contribution in [0.4, 0.5) is 0 Å². The van der Waals surface area contributed by atoms with Crippen LogP contribution in [0.1, 0.15) is 43.4 Å². The van der Waals surface area contributed by atoms with E-state index in [1.54, 1.807) is 57.6 Å². The fourth-order valence-electron chi connectivity index (χ4n) is 8.83. The first-order valence-corrected chi connectivity index (χ1v) is 28.0. The van der Waals surface area contributed by atoms with Crippen molar-refractivity contribution in [2.75, 3.05) is 0 Å². The largest absolute Gasteiger partial charge is 1.00 e. The maximum atomic E-state index is 2.64. The van der Waals surface area contributed by atoms with Crippen LogP contribution in [-0.2, 0) is 17.5 Å². The number of allylic oxidation sites excluding steroid dienone is 2. The van der Waals surface area contributed by atoms with Crippen LogP contribution < -0.4 is 24.8 Å². The van der Waals surface area contributed by atoms with E-state index in [0.717, 1.165) is 7.25 Å². The van der Waals surface area contributed by atoms with Crippen molar-refractivity contribution in [3.05, 3.63) is 118 Å². The van der Waals surface area contributed by atoms with Gasteiger partial charge in [-0.2, -0.15) is 0 Å². The normalized spacial score (nSPS) is 20.1. The van der Waals surface area contributed by atoms with Crippen LogP contribution in [0.3, 0.4) is 0 Å². The molecule has 2 aliphatic carbocycles. The van der Waals surface area contributed by atoms with E-state index in [2.05, 4.69) is 111 Å². The Morgan fingerprint density at radius 3 is 1.87 bits per heavy atom. The Labute approximate surface area is 248 Å². The van der Waals surface area contributed by atoms with E-state index in [9.17, 15) is 0 Å². The summed E-state index contributed by atoms with van der Waals surface area (Å²) in [7, 11) is 0. The van der Waals surface area contributed by atoms with Crippen LogP contribution in [0.5, 0.6) is 0 Å². The molecule has 8 rings (SSSR count). The van der Waals surface area contributed by atoms with Crippen molar-refractivity contribution in [1.82, 2.24) is 0 Å². The molecule has 0 spiro atoms. The summed E-state index contributed by atoms with van der Waals surface area (Å²) in [6.07, 6.45) is 5.28. The van der Waals surface area contributed by atoms with Gasteiger partial charge < -0.3 is 24.8 Å². The van der Waals surface area contributed by atoms with Crippen molar-refractivity contribution in [2.45, 2.75) is 45.3 Å². The zero-order chi connectivity index (χ0) is 24.7. The van der Waals surface area contributed by atoms with E-state index in [-0.39, 0.29) is 35.7 Å². The van der Waals surface area contributed by atoms with Gasteiger partial charge in [0.05, 0.1) is 0 Å². The number of rotatable bonds is 3. The molecule has 0 radical (unpaired) electrons. The zero-order valence-corrected chi connectivity index (χ0v) is 28.4. The van der Waals surface area contributed by atoms with Gasteiger partial charge in [-0.25, -0.2) is 0 Å². The second-order valence-corrected chi connectivity index (χ2v) is 46.4. The molecule has 0 nitrogen and oxygen atoms in total. The quantitative estimate of drug-likeness (QED) is 0.297. The number of hydrogen-bond acceptors (Lipinski definition) is 0. The van der Waals surface area contributed by atoms with Crippen molar-refractivity contribution in [3.8, 4) is 11.1 Å². The Morgan fingerprint density at radius 1 is 0.590 bits per heavy atom. The molecule has 2 aliphatic heterocycles. The third-order valence-corrected chi connectivity index (χ3v) is 69.1. The Morgan fingerprint density at radius 2 is 1.18 bits per heavy atom. The van der Waals surface area contributed by atoms with Gasteiger partial charge in [0, 0.05) is 0 Å². The third kappa shape index (κ3) is 3.83. The molecule has 0 saturated heterocycles. The minimum atomic E-state index is -2.72. The first kappa shape index (κ1) is 27.7. The summed E-state index contributed by atoms with van der Waals surface area (Å²) in [5.41, 5.74) is 12.4. The molecule has 39 heavy (non-hydrogen) atoms. The second-order valence-electron chi connectivity index (χ2n) is 11.7. The molecule has 0 amide bonds. The molecule has 4 aromatic rings. The van der Waals surface area contributed by atoms with Crippen molar-refractivity contribution < 1.29 is 42.3 Å². The van der Waals surface area contributed by atoms with Crippen molar-refractivity contribution in [1.29, 1.82) is 0 Å². The van der Waals surface area contributed by atoms with Crippen LogP contribution in [-0.4, -0.2) is 10.9 Å². The van der Waals surface area contributed by atoms with Crippen LogP contribution in [0, 0.1) is 0 Å². The third-order valence-electron chi connectivity index (χ3n) is 10.0. The van der Waals surface area contributed by atoms with Gasteiger partial charge in [0.25, 0.3) is 0 Å². The van der Waals surface area contributed by atoms with Gasteiger partial charge in [0.15, 0.2) is 0 Å². The van der Waals surface area contributed by atoms with E-state index in [1.165, 1.54) is 21.9 Å². The summed E-state index contributed by atoms with van der Waals surface area (Å²) in [6, 6.07) is 39.1. The Kier molecular flexibility index (Phi) is 7.39.